The predicted molar refractivity (Wildman–Crippen MR) is 190 cm³/mol. The summed E-state index contributed by atoms with van der Waals surface area (Å²) < 4.78 is 40.8. The van der Waals surface area contributed by atoms with Crippen LogP contribution in [0.15, 0.2) is 6.07 Å². The third-order valence-electron chi connectivity index (χ3n) is 11.5. The second-order valence-corrected chi connectivity index (χ2v) is 14.6. The van der Waals surface area contributed by atoms with Crippen LogP contribution in [0.4, 0.5) is 15.9 Å². The summed E-state index contributed by atoms with van der Waals surface area (Å²) in [5, 5.41) is 19.1. The van der Waals surface area contributed by atoms with Crippen molar-refractivity contribution in [2.75, 3.05) is 77.0 Å². The molecule has 3 saturated heterocycles. The van der Waals surface area contributed by atoms with Crippen molar-refractivity contribution >= 4 is 28.6 Å². The van der Waals surface area contributed by atoms with Crippen LogP contribution in [0.5, 0.6) is 11.9 Å². The number of pyridine rings is 1. The van der Waals surface area contributed by atoms with E-state index in [0.29, 0.717) is 54.4 Å². The summed E-state index contributed by atoms with van der Waals surface area (Å²) in [7, 11) is 1.47. The van der Waals surface area contributed by atoms with E-state index in [2.05, 4.69) is 9.88 Å². The zero-order valence-electron chi connectivity index (χ0n) is 29.5. The summed E-state index contributed by atoms with van der Waals surface area (Å²) in [6, 6.07) is 2.26. The Morgan fingerprint density at radius 2 is 1.90 bits per heavy atom. The van der Waals surface area contributed by atoms with Gasteiger partial charge in [-0.05, 0) is 82.0 Å². The maximum absolute atomic E-state index is 17.1. The number of halogens is 1. The fraction of sp³-hybridized carbons (Fsp3) is 0.622. The van der Waals surface area contributed by atoms with Gasteiger partial charge >= 0.3 is 6.01 Å². The molecule has 0 amide bonds. The number of anilines is 2. The highest BCUT2D eigenvalue weighted by Gasteiger charge is 2.49. The maximum atomic E-state index is 17.1. The van der Waals surface area contributed by atoms with Gasteiger partial charge in [0.25, 0.3) is 0 Å². The van der Waals surface area contributed by atoms with E-state index in [-0.39, 0.29) is 47.1 Å². The number of piperidine rings is 1. The average Bonchev–Trinajstić information content (AvgIpc) is 3.44. The van der Waals surface area contributed by atoms with E-state index in [4.69, 9.17) is 40.1 Å². The van der Waals surface area contributed by atoms with Crippen molar-refractivity contribution in [2.45, 2.75) is 70.9 Å². The highest BCUT2D eigenvalue weighted by atomic mass is 19.1. The van der Waals surface area contributed by atoms with Gasteiger partial charge in [0.1, 0.15) is 22.4 Å². The van der Waals surface area contributed by atoms with Gasteiger partial charge in [-0.3, -0.25) is 4.90 Å². The number of likely N-dealkylation sites (tertiary alicyclic amines) is 1. The van der Waals surface area contributed by atoms with Crippen LogP contribution in [0.25, 0.3) is 22.2 Å². The van der Waals surface area contributed by atoms with Crippen LogP contribution >= 0.6 is 0 Å². The number of benzene rings is 1. The van der Waals surface area contributed by atoms with E-state index in [9.17, 15) is 5.11 Å². The first-order valence-corrected chi connectivity index (χ1v) is 18.0. The molecule has 4 fully saturated rings. The molecule has 0 radical (unpaired) electrons. The van der Waals surface area contributed by atoms with E-state index in [1.165, 1.54) is 7.11 Å². The summed E-state index contributed by atoms with van der Waals surface area (Å²) in [6.45, 7) is 9.23. The van der Waals surface area contributed by atoms with E-state index in [0.717, 1.165) is 88.6 Å². The molecule has 13 heteroatoms. The summed E-state index contributed by atoms with van der Waals surface area (Å²) in [5.74, 6) is 0.455. The zero-order valence-corrected chi connectivity index (χ0v) is 29.5. The van der Waals surface area contributed by atoms with Crippen molar-refractivity contribution in [3.05, 3.63) is 28.6 Å². The molecule has 3 aromatic rings. The summed E-state index contributed by atoms with van der Waals surface area (Å²) in [6.07, 6.45) is 8.08. The fourth-order valence-corrected chi connectivity index (χ4v) is 8.82. The first-order chi connectivity index (χ1) is 24.2. The number of nitrogens with zero attached hydrogens (tertiary/aromatic N) is 5. The molecule has 2 aromatic heterocycles. The molecule has 1 aromatic carbocycles. The number of aliphatic hydroxyl groups excluding tert-OH is 1. The quantitative estimate of drug-likeness (QED) is 0.212. The maximum Gasteiger partial charge on any atom is 0.319 e. The van der Waals surface area contributed by atoms with E-state index in [1.54, 1.807) is 6.07 Å². The molecule has 270 valence electrons. The van der Waals surface area contributed by atoms with Gasteiger partial charge in [0.2, 0.25) is 5.88 Å². The van der Waals surface area contributed by atoms with Crippen molar-refractivity contribution in [2.24, 2.45) is 11.3 Å². The molecule has 3 atom stereocenters. The monoisotopic (exact) mass is 691 g/mol. The van der Waals surface area contributed by atoms with Gasteiger partial charge in [-0.1, -0.05) is 6.42 Å². The number of hydrogen-bond donors (Lipinski definition) is 3. The predicted octanol–water partition coefficient (Wildman–Crippen LogP) is 4.67. The smallest absolute Gasteiger partial charge is 0.319 e. The average molecular weight is 692 g/mol. The number of β-amino-alcohol motifs (C(OH)–C–C–N with tert-alkyl or cyclic N) is 1. The standard InChI is InChI=1S/C37H50FN7O5/c1-22-16-27(40)26(17-39)29(23(22)2)32-31(38)33-30(35(41-32)47-3)34(45-12-15-49-20-25(46)19-45)43-36(42-33)50-21-37-9-4-6-28(37)44(11-5-10-37)18-24-7-13-48-14-8-24/h16-17,24-25,28,39,46H,4-15,18-21,40H2,1-3H3. The molecule has 0 spiro atoms. The van der Waals surface area contributed by atoms with Gasteiger partial charge in [-0.15, -0.1) is 0 Å². The van der Waals surface area contributed by atoms with Gasteiger partial charge in [-0.2, -0.15) is 9.97 Å². The molecule has 12 nitrogen and oxygen atoms in total. The molecule has 4 aliphatic rings. The van der Waals surface area contributed by atoms with Crippen molar-refractivity contribution in [1.29, 1.82) is 5.41 Å². The number of nitrogens with one attached hydrogen (secondary N) is 1. The van der Waals surface area contributed by atoms with Crippen molar-refractivity contribution in [3.8, 4) is 23.1 Å². The number of fused-ring (bicyclic) bond motifs is 2. The fourth-order valence-electron chi connectivity index (χ4n) is 8.82. The first kappa shape index (κ1) is 34.8. The third kappa shape index (κ3) is 6.49. The second kappa shape index (κ2) is 14.5. The minimum atomic E-state index is -0.773. The molecule has 3 unspecified atom stereocenters. The SMILES string of the molecule is COc1nc(-c2c(C)c(C)cc(N)c2C=N)c(F)c2nc(OCC34CCCC3N(CC3CCOCC3)CCC4)nc(N3CCOCC(O)C3)c12. The topological polar surface area (TPSA) is 152 Å². The van der Waals surface area contributed by atoms with Crippen LogP contribution in [-0.4, -0.2) is 110 Å². The number of nitrogen functional groups attached to an aromatic ring is 1. The van der Waals surface area contributed by atoms with Crippen molar-refractivity contribution in [1.82, 2.24) is 19.9 Å². The van der Waals surface area contributed by atoms with Crippen LogP contribution < -0.4 is 20.1 Å². The lowest BCUT2D eigenvalue weighted by Gasteiger charge is -2.47. The molecule has 7 rings (SSSR count). The van der Waals surface area contributed by atoms with Crippen LogP contribution in [0.1, 0.15) is 61.6 Å². The Morgan fingerprint density at radius 3 is 2.68 bits per heavy atom. The lowest BCUT2D eigenvalue weighted by Crippen LogP contribution is -2.53. The lowest BCUT2D eigenvalue weighted by molar-refractivity contribution is -0.0203. The summed E-state index contributed by atoms with van der Waals surface area (Å²) in [5.41, 5.74) is 9.00. The molecule has 5 heterocycles. The third-order valence-corrected chi connectivity index (χ3v) is 11.5. The Morgan fingerprint density at radius 1 is 1.10 bits per heavy atom. The van der Waals surface area contributed by atoms with Gasteiger partial charge in [0.15, 0.2) is 5.82 Å². The van der Waals surface area contributed by atoms with E-state index in [1.807, 2.05) is 18.7 Å². The Balaban J connectivity index is 1.31. The van der Waals surface area contributed by atoms with Crippen LogP contribution in [-0.2, 0) is 9.47 Å². The normalized spacial score (nSPS) is 25.0. The number of nitrogens with two attached hydrogens (primary N) is 1. The first-order valence-electron chi connectivity index (χ1n) is 18.0. The molecule has 1 aliphatic carbocycles. The molecule has 4 N–H and O–H groups in total. The number of aromatic nitrogens is 3. The summed E-state index contributed by atoms with van der Waals surface area (Å²) >= 11 is 0. The van der Waals surface area contributed by atoms with Gasteiger partial charge in [0, 0.05) is 67.3 Å². The number of rotatable bonds is 9. The number of ether oxygens (including phenoxy) is 4. The van der Waals surface area contributed by atoms with Crippen LogP contribution in [0, 0.1) is 36.4 Å². The highest BCUT2D eigenvalue weighted by molar-refractivity contribution is 6.00. The van der Waals surface area contributed by atoms with Crippen LogP contribution in [0.2, 0.25) is 0 Å². The molecule has 1 saturated carbocycles. The number of hydrogen-bond acceptors (Lipinski definition) is 12. The van der Waals surface area contributed by atoms with Gasteiger partial charge in [-0.25, -0.2) is 9.37 Å². The Kier molecular flexibility index (Phi) is 10.1. The molecule has 0 bridgehead atoms. The molecular weight excluding hydrogens is 641 g/mol. The second-order valence-electron chi connectivity index (χ2n) is 14.6. The Bertz CT molecular complexity index is 1740. The Labute approximate surface area is 293 Å². The lowest BCUT2D eigenvalue weighted by atomic mass is 9.75. The summed E-state index contributed by atoms with van der Waals surface area (Å²) in [4.78, 5) is 18.9. The Hall–Kier alpha value is -3.65. The van der Waals surface area contributed by atoms with Crippen molar-refractivity contribution in [3.63, 3.8) is 0 Å². The number of aryl methyl sites for hydroxylation is 1. The van der Waals surface area contributed by atoms with Crippen LogP contribution in [0.3, 0.4) is 0 Å². The molecular formula is C37H50FN7O5. The van der Waals surface area contributed by atoms with Gasteiger partial charge in [0.05, 0.1) is 33.0 Å². The van der Waals surface area contributed by atoms with Gasteiger partial charge < -0.3 is 40.1 Å². The number of aliphatic hydroxyl groups is 1. The zero-order chi connectivity index (χ0) is 35.0. The van der Waals surface area contributed by atoms with E-state index >= 15 is 4.39 Å². The highest BCUT2D eigenvalue weighted by Crippen LogP contribution is 2.49. The molecule has 3 aliphatic heterocycles. The van der Waals surface area contributed by atoms with E-state index < -0.39 is 11.9 Å². The van der Waals surface area contributed by atoms with Crippen molar-refractivity contribution < 1.29 is 28.4 Å². The minimum absolute atomic E-state index is 0.00725. The minimum Gasteiger partial charge on any atom is -0.480 e. The molecule has 50 heavy (non-hydrogen) atoms. The number of methoxy groups -OCH3 is 1. The largest absolute Gasteiger partial charge is 0.480 e.